The minimum atomic E-state index is 0.729. The van der Waals surface area contributed by atoms with E-state index in [1.807, 2.05) is 6.08 Å². The Bertz CT molecular complexity index is 778. The number of benzene rings is 1. The molecular weight excluding hydrogens is 328 g/mol. The van der Waals surface area contributed by atoms with Gasteiger partial charge in [-0.25, -0.2) is 0 Å². The maximum atomic E-state index is 5.72. The second-order valence-electron chi connectivity index (χ2n) is 7.31. The molecule has 0 saturated heterocycles. The molecule has 0 heterocycles. The number of unbranched alkanes of at least 4 members (excludes halogenated alkanes) is 1. The molecule has 0 radical (unpaired) electrons. The summed E-state index contributed by atoms with van der Waals surface area (Å²) in [6.07, 6.45) is 14.1. The van der Waals surface area contributed by atoms with Gasteiger partial charge in [0.25, 0.3) is 0 Å². The minimum Gasteiger partial charge on any atom is -0.345 e. The van der Waals surface area contributed by atoms with Crippen molar-refractivity contribution in [3.8, 4) is 0 Å². The van der Waals surface area contributed by atoms with Crippen LogP contribution in [0.1, 0.15) is 43.2 Å². The summed E-state index contributed by atoms with van der Waals surface area (Å²) in [5, 5.41) is 0. The zero-order chi connectivity index (χ0) is 19.8. The van der Waals surface area contributed by atoms with Crippen molar-refractivity contribution in [2.45, 2.75) is 46.0 Å². The van der Waals surface area contributed by atoms with Crippen molar-refractivity contribution in [1.82, 2.24) is 0 Å². The third-order valence-electron chi connectivity index (χ3n) is 5.17. The van der Waals surface area contributed by atoms with Crippen molar-refractivity contribution < 1.29 is 0 Å². The fourth-order valence-electron chi connectivity index (χ4n) is 3.55. The third-order valence-corrected chi connectivity index (χ3v) is 5.17. The van der Waals surface area contributed by atoms with Crippen LogP contribution in [0, 0.1) is 13.8 Å². The summed E-state index contributed by atoms with van der Waals surface area (Å²) in [4.78, 5) is 2.21. The number of allylic oxidation sites excluding steroid dienone is 7. The molecule has 2 heteroatoms. The number of aryl methyl sites for hydroxylation is 2. The third kappa shape index (κ3) is 5.58. The quantitative estimate of drug-likeness (QED) is 0.422. The fraction of sp³-hybridized carbons (Fsp3) is 0.360. The maximum absolute atomic E-state index is 5.72. The summed E-state index contributed by atoms with van der Waals surface area (Å²) >= 11 is 0. The van der Waals surface area contributed by atoms with Crippen LogP contribution in [-0.2, 0) is 0 Å². The molecule has 27 heavy (non-hydrogen) atoms. The van der Waals surface area contributed by atoms with E-state index in [4.69, 9.17) is 5.73 Å². The van der Waals surface area contributed by atoms with Gasteiger partial charge < -0.3 is 10.6 Å². The fourth-order valence-corrected chi connectivity index (χ4v) is 3.55. The van der Waals surface area contributed by atoms with Gasteiger partial charge in [0.1, 0.15) is 0 Å². The second kappa shape index (κ2) is 10.1. The highest BCUT2D eigenvalue weighted by Crippen LogP contribution is 2.30. The van der Waals surface area contributed by atoms with E-state index < -0.39 is 0 Å². The molecule has 0 amide bonds. The molecule has 2 N–H and O–H groups in total. The van der Waals surface area contributed by atoms with Crippen molar-refractivity contribution in [2.24, 2.45) is 5.73 Å². The van der Waals surface area contributed by atoms with Gasteiger partial charge in [-0.1, -0.05) is 49.1 Å². The summed E-state index contributed by atoms with van der Waals surface area (Å²) in [6.45, 7) is 13.4. The first-order chi connectivity index (χ1) is 13.0. The van der Waals surface area contributed by atoms with Gasteiger partial charge in [-0.05, 0) is 86.9 Å². The number of hydrogen-bond acceptors (Lipinski definition) is 2. The number of nitrogens with two attached hydrogens (primary N) is 1. The number of hydrogen-bond donors (Lipinski definition) is 1. The molecule has 0 aromatic heterocycles. The van der Waals surface area contributed by atoms with Crippen molar-refractivity contribution in [2.75, 3.05) is 18.5 Å². The highest BCUT2D eigenvalue weighted by atomic mass is 15.1. The van der Waals surface area contributed by atoms with Crippen LogP contribution in [0.25, 0.3) is 0 Å². The van der Waals surface area contributed by atoms with E-state index in [2.05, 4.69) is 75.4 Å². The lowest BCUT2D eigenvalue weighted by atomic mass is 9.93. The summed E-state index contributed by atoms with van der Waals surface area (Å²) in [7, 11) is 2.11. The Balaban J connectivity index is 2.33. The molecule has 0 spiro atoms. The number of rotatable bonds is 9. The van der Waals surface area contributed by atoms with Crippen LogP contribution in [0.15, 0.2) is 78.1 Å². The van der Waals surface area contributed by atoms with Crippen LogP contribution in [0.5, 0.6) is 0 Å². The van der Waals surface area contributed by atoms with E-state index in [0.29, 0.717) is 0 Å². The minimum absolute atomic E-state index is 0.729. The van der Waals surface area contributed by atoms with Crippen LogP contribution in [0.3, 0.4) is 0 Å². The Labute approximate surface area is 165 Å². The molecular formula is C25H34N2. The van der Waals surface area contributed by atoms with Gasteiger partial charge in [-0.2, -0.15) is 0 Å². The van der Waals surface area contributed by atoms with Crippen LogP contribution >= 0.6 is 0 Å². The summed E-state index contributed by atoms with van der Waals surface area (Å²) in [5.74, 6) is 0. The predicted molar refractivity (Wildman–Crippen MR) is 120 cm³/mol. The van der Waals surface area contributed by atoms with E-state index >= 15 is 0 Å². The largest absolute Gasteiger partial charge is 0.345 e. The van der Waals surface area contributed by atoms with Gasteiger partial charge in [-0.3, -0.25) is 0 Å². The standard InChI is InChI=1S/C25H34N2/c1-6-22-11-7-8-13-24(22)18-23(12-9-10-16-26)21(4)27(5)25-15-14-19(2)17-20(25)3/h6,11,13-15,17-18H,1,4,7-10,12,16,26H2,2-3,5H3/b23-18+. The van der Waals surface area contributed by atoms with Gasteiger partial charge in [-0.15, -0.1) is 0 Å². The smallest absolute Gasteiger partial charge is 0.0437 e. The molecule has 2 nitrogen and oxygen atoms in total. The topological polar surface area (TPSA) is 29.3 Å². The van der Waals surface area contributed by atoms with E-state index in [0.717, 1.165) is 44.3 Å². The summed E-state index contributed by atoms with van der Waals surface area (Å²) in [5.41, 5.74) is 14.3. The van der Waals surface area contributed by atoms with Gasteiger partial charge in [0, 0.05) is 18.4 Å². The molecule has 1 aliphatic carbocycles. The van der Waals surface area contributed by atoms with E-state index in [9.17, 15) is 0 Å². The molecule has 0 unspecified atom stereocenters. The summed E-state index contributed by atoms with van der Waals surface area (Å²) in [6, 6.07) is 6.56. The van der Waals surface area contributed by atoms with E-state index in [-0.39, 0.29) is 0 Å². The number of nitrogens with zero attached hydrogens (tertiary/aromatic N) is 1. The maximum Gasteiger partial charge on any atom is 0.0437 e. The molecule has 0 bridgehead atoms. The Morgan fingerprint density at radius 3 is 2.48 bits per heavy atom. The van der Waals surface area contributed by atoms with Gasteiger partial charge in [0.05, 0.1) is 0 Å². The van der Waals surface area contributed by atoms with Crippen molar-refractivity contribution in [3.63, 3.8) is 0 Å². The average Bonchev–Trinajstić information content (AvgIpc) is 2.66. The molecule has 0 aliphatic heterocycles. The first-order valence-corrected chi connectivity index (χ1v) is 9.92. The van der Waals surface area contributed by atoms with Gasteiger partial charge in [0.2, 0.25) is 0 Å². The highest BCUT2D eigenvalue weighted by molar-refractivity contribution is 5.62. The second-order valence-corrected chi connectivity index (χ2v) is 7.31. The van der Waals surface area contributed by atoms with E-state index in [1.165, 1.54) is 33.5 Å². The first-order valence-electron chi connectivity index (χ1n) is 9.92. The molecule has 0 fully saturated rings. The average molecular weight is 363 g/mol. The molecule has 0 atom stereocenters. The Morgan fingerprint density at radius 1 is 1.15 bits per heavy atom. The zero-order valence-corrected chi connectivity index (χ0v) is 17.2. The summed E-state index contributed by atoms with van der Waals surface area (Å²) < 4.78 is 0. The van der Waals surface area contributed by atoms with E-state index in [1.54, 1.807) is 0 Å². The Morgan fingerprint density at radius 2 is 1.85 bits per heavy atom. The van der Waals surface area contributed by atoms with Crippen LogP contribution < -0.4 is 10.6 Å². The lowest BCUT2D eigenvalue weighted by Crippen LogP contribution is -2.18. The Kier molecular flexibility index (Phi) is 7.87. The number of anilines is 1. The Hall–Kier alpha value is -2.32. The lowest BCUT2D eigenvalue weighted by molar-refractivity contribution is 0.739. The number of likely N-dealkylation sites (N-methyl/N-ethyl adjacent to an activating group) is 1. The van der Waals surface area contributed by atoms with Crippen LogP contribution in [0.2, 0.25) is 0 Å². The lowest BCUT2D eigenvalue weighted by Gasteiger charge is -2.26. The monoisotopic (exact) mass is 362 g/mol. The normalized spacial score (nSPS) is 14.4. The van der Waals surface area contributed by atoms with Gasteiger partial charge >= 0.3 is 0 Å². The van der Waals surface area contributed by atoms with Gasteiger partial charge in [0.15, 0.2) is 0 Å². The highest BCUT2D eigenvalue weighted by Gasteiger charge is 2.14. The van der Waals surface area contributed by atoms with Crippen molar-refractivity contribution in [1.29, 1.82) is 0 Å². The SMILES string of the molecule is C=CC1=CCCC=C1/C=C(\CCCCN)C(=C)N(C)c1ccc(C)cc1C. The zero-order valence-electron chi connectivity index (χ0n) is 17.2. The molecule has 1 aliphatic rings. The molecule has 144 valence electrons. The molecule has 1 aromatic rings. The molecule has 0 saturated carbocycles. The van der Waals surface area contributed by atoms with Crippen molar-refractivity contribution >= 4 is 5.69 Å². The predicted octanol–water partition coefficient (Wildman–Crippen LogP) is 6.14. The van der Waals surface area contributed by atoms with Crippen LogP contribution in [0.4, 0.5) is 5.69 Å². The first kappa shape index (κ1) is 21.0. The van der Waals surface area contributed by atoms with Crippen LogP contribution in [-0.4, -0.2) is 13.6 Å². The molecule has 1 aromatic carbocycles. The molecule has 2 rings (SSSR count). The van der Waals surface area contributed by atoms with Crippen molar-refractivity contribution in [3.05, 3.63) is 89.2 Å².